The quantitative estimate of drug-likeness (QED) is 0.757. The summed E-state index contributed by atoms with van der Waals surface area (Å²) in [4.78, 5) is 2.81. The molecule has 1 atom stereocenters. The Morgan fingerprint density at radius 2 is 1.90 bits per heavy atom. The summed E-state index contributed by atoms with van der Waals surface area (Å²) in [5.74, 6) is 0. The van der Waals surface area contributed by atoms with Crippen molar-refractivity contribution in [1.29, 1.82) is 0 Å². The van der Waals surface area contributed by atoms with Gasteiger partial charge in [0.2, 0.25) is 0 Å². The second-order valence-corrected chi connectivity index (χ2v) is 7.02. The zero-order valence-corrected chi connectivity index (χ0v) is 13.8. The molecule has 2 rings (SSSR count). The van der Waals surface area contributed by atoms with Crippen molar-refractivity contribution in [3.8, 4) is 0 Å². The van der Waals surface area contributed by atoms with E-state index in [0.717, 1.165) is 13.2 Å². The van der Waals surface area contributed by atoms with Crippen molar-refractivity contribution in [2.75, 3.05) is 32.8 Å². The molecular formula is C17H34N2O. The first kappa shape index (κ1) is 16.3. The molecule has 1 aliphatic carbocycles. The second kappa shape index (κ2) is 7.24. The Morgan fingerprint density at radius 3 is 2.55 bits per heavy atom. The molecule has 3 nitrogen and oxygen atoms in total. The lowest BCUT2D eigenvalue weighted by Gasteiger charge is -2.55. The fraction of sp³-hybridized carbons (Fsp3) is 1.00. The summed E-state index contributed by atoms with van der Waals surface area (Å²) < 4.78 is 5.54. The molecular weight excluding hydrogens is 248 g/mol. The smallest absolute Gasteiger partial charge is 0.0478 e. The Morgan fingerprint density at radius 1 is 1.15 bits per heavy atom. The van der Waals surface area contributed by atoms with Crippen LogP contribution in [0.3, 0.4) is 0 Å². The number of hydrogen-bond acceptors (Lipinski definition) is 3. The van der Waals surface area contributed by atoms with E-state index >= 15 is 0 Å². The Hall–Kier alpha value is -0.120. The average molecular weight is 282 g/mol. The van der Waals surface area contributed by atoms with Gasteiger partial charge in [0, 0.05) is 43.9 Å². The van der Waals surface area contributed by atoms with E-state index in [-0.39, 0.29) is 0 Å². The lowest BCUT2D eigenvalue weighted by Crippen LogP contribution is -2.69. The van der Waals surface area contributed by atoms with E-state index in [9.17, 15) is 0 Å². The van der Waals surface area contributed by atoms with Crippen molar-refractivity contribution in [1.82, 2.24) is 10.2 Å². The van der Waals surface area contributed by atoms with E-state index in [0.29, 0.717) is 11.1 Å². The molecule has 0 aromatic heterocycles. The normalized spacial score (nSPS) is 30.8. The second-order valence-electron chi connectivity index (χ2n) is 7.02. The van der Waals surface area contributed by atoms with Crippen LogP contribution in [0.25, 0.3) is 0 Å². The first-order chi connectivity index (χ1) is 9.64. The molecule has 1 heterocycles. The van der Waals surface area contributed by atoms with Crippen molar-refractivity contribution in [2.45, 2.75) is 76.8 Å². The molecule has 118 valence electrons. The van der Waals surface area contributed by atoms with Crippen LogP contribution in [0.5, 0.6) is 0 Å². The zero-order valence-electron chi connectivity index (χ0n) is 13.8. The Bertz CT molecular complexity index is 289. The highest BCUT2D eigenvalue weighted by atomic mass is 16.5. The maximum atomic E-state index is 5.54. The van der Waals surface area contributed by atoms with Gasteiger partial charge in [0.1, 0.15) is 0 Å². The summed E-state index contributed by atoms with van der Waals surface area (Å²) in [5, 5.41) is 3.86. The van der Waals surface area contributed by atoms with Crippen LogP contribution < -0.4 is 5.32 Å². The summed E-state index contributed by atoms with van der Waals surface area (Å²) in [6.45, 7) is 12.1. The number of ether oxygens (including phenoxy) is 1. The molecule has 0 aromatic carbocycles. The molecule has 1 N–H and O–H groups in total. The van der Waals surface area contributed by atoms with Crippen LogP contribution in [0.4, 0.5) is 0 Å². The number of nitrogens with zero attached hydrogens (tertiary/aromatic N) is 1. The summed E-state index contributed by atoms with van der Waals surface area (Å²) in [6.07, 6.45) is 9.40. The Labute approximate surface area is 125 Å². The van der Waals surface area contributed by atoms with E-state index in [1.807, 2.05) is 0 Å². The third-order valence-corrected chi connectivity index (χ3v) is 5.54. The maximum absolute atomic E-state index is 5.54. The number of piperazine rings is 1. The Balaban J connectivity index is 1.98. The molecule has 1 aliphatic heterocycles. The van der Waals surface area contributed by atoms with Crippen LogP contribution in [-0.4, -0.2) is 48.8 Å². The SMILES string of the molecule is CCOCCCN1CC(C)(CC)NCC12CCCCC2. The highest BCUT2D eigenvalue weighted by Gasteiger charge is 2.44. The standard InChI is InChI=1S/C17H34N2O/c1-4-16(3)15-19(12-9-13-20-5-2)17(14-18-16)10-7-6-8-11-17/h18H,4-15H2,1-3H3. The van der Waals surface area contributed by atoms with Gasteiger partial charge >= 0.3 is 0 Å². The fourth-order valence-corrected chi connectivity index (χ4v) is 3.89. The van der Waals surface area contributed by atoms with Gasteiger partial charge in [0.05, 0.1) is 0 Å². The molecule has 0 amide bonds. The first-order valence-corrected chi connectivity index (χ1v) is 8.72. The molecule has 1 saturated heterocycles. The van der Waals surface area contributed by atoms with Crippen LogP contribution in [0.2, 0.25) is 0 Å². The molecule has 1 saturated carbocycles. The lowest BCUT2D eigenvalue weighted by atomic mass is 9.76. The van der Waals surface area contributed by atoms with Crippen LogP contribution in [0, 0.1) is 0 Å². The van der Waals surface area contributed by atoms with E-state index < -0.39 is 0 Å². The minimum Gasteiger partial charge on any atom is -0.382 e. The van der Waals surface area contributed by atoms with Crippen molar-refractivity contribution in [3.05, 3.63) is 0 Å². The van der Waals surface area contributed by atoms with Crippen LogP contribution >= 0.6 is 0 Å². The van der Waals surface area contributed by atoms with Crippen molar-refractivity contribution >= 4 is 0 Å². The minimum atomic E-state index is 0.300. The van der Waals surface area contributed by atoms with Crippen LogP contribution in [-0.2, 0) is 4.74 Å². The third kappa shape index (κ3) is 3.75. The van der Waals surface area contributed by atoms with E-state index in [4.69, 9.17) is 4.74 Å². The van der Waals surface area contributed by atoms with E-state index in [1.165, 1.54) is 64.6 Å². The van der Waals surface area contributed by atoms with Gasteiger partial charge in [0.15, 0.2) is 0 Å². The monoisotopic (exact) mass is 282 g/mol. The van der Waals surface area contributed by atoms with Gasteiger partial charge in [-0.1, -0.05) is 26.2 Å². The van der Waals surface area contributed by atoms with Crippen LogP contribution in [0.15, 0.2) is 0 Å². The molecule has 0 aromatic rings. The molecule has 0 radical (unpaired) electrons. The largest absolute Gasteiger partial charge is 0.382 e. The third-order valence-electron chi connectivity index (χ3n) is 5.54. The molecule has 3 heteroatoms. The lowest BCUT2D eigenvalue weighted by molar-refractivity contribution is -0.0205. The number of rotatable bonds is 6. The Kier molecular flexibility index (Phi) is 5.88. The van der Waals surface area contributed by atoms with Gasteiger partial charge in [-0.05, 0) is 39.5 Å². The number of nitrogens with one attached hydrogen (secondary N) is 1. The van der Waals surface area contributed by atoms with E-state index in [2.05, 4.69) is 31.0 Å². The van der Waals surface area contributed by atoms with Gasteiger partial charge in [-0.3, -0.25) is 4.90 Å². The highest BCUT2D eigenvalue weighted by Crippen LogP contribution is 2.37. The molecule has 1 spiro atoms. The minimum absolute atomic E-state index is 0.300. The van der Waals surface area contributed by atoms with Crippen molar-refractivity contribution in [2.24, 2.45) is 0 Å². The highest BCUT2D eigenvalue weighted by molar-refractivity contribution is 5.04. The average Bonchev–Trinajstić information content (AvgIpc) is 2.49. The molecule has 0 bridgehead atoms. The predicted molar refractivity (Wildman–Crippen MR) is 85.2 cm³/mol. The molecule has 2 fully saturated rings. The van der Waals surface area contributed by atoms with Crippen molar-refractivity contribution in [3.63, 3.8) is 0 Å². The fourth-order valence-electron chi connectivity index (χ4n) is 3.89. The van der Waals surface area contributed by atoms with Gasteiger partial charge in [-0.25, -0.2) is 0 Å². The van der Waals surface area contributed by atoms with Gasteiger partial charge < -0.3 is 10.1 Å². The first-order valence-electron chi connectivity index (χ1n) is 8.72. The summed E-state index contributed by atoms with van der Waals surface area (Å²) >= 11 is 0. The summed E-state index contributed by atoms with van der Waals surface area (Å²) in [7, 11) is 0. The topological polar surface area (TPSA) is 24.5 Å². The van der Waals surface area contributed by atoms with Crippen molar-refractivity contribution < 1.29 is 4.74 Å². The van der Waals surface area contributed by atoms with Gasteiger partial charge in [-0.2, -0.15) is 0 Å². The maximum Gasteiger partial charge on any atom is 0.0478 e. The summed E-state index contributed by atoms with van der Waals surface area (Å²) in [6, 6.07) is 0. The van der Waals surface area contributed by atoms with E-state index in [1.54, 1.807) is 0 Å². The number of hydrogen-bond donors (Lipinski definition) is 1. The summed E-state index contributed by atoms with van der Waals surface area (Å²) in [5.41, 5.74) is 0.744. The van der Waals surface area contributed by atoms with Gasteiger partial charge in [-0.15, -0.1) is 0 Å². The molecule has 2 aliphatic rings. The van der Waals surface area contributed by atoms with Gasteiger partial charge in [0.25, 0.3) is 0 Å². The van der Waals surface area contributed by atoms with Crippen LogP contribution in [0.1, 0.15) is 65.7 Å². The molecule has 1 unspecified atom stereocenters. The predicted octanol–water partition coefficient (Wildman–Crippen LogP) is 3.19. The zero-order chi connectivity index (χ0) is 14.5. The molecule has 20 heavy (non-hydrogen) atoms.